The average molecular weight is 254 g/mol. The monoisotopic (exact) mass is 254 g/mol. The molecule has 0 aliphatic rings. The predicted molar refractivity (Wildman–Crippen MR) is 82.8 cm³/mol. The van der Waals surface area contributed by atoms with Crippen LogP contribution in [0.4, 0.5) is 0 Å². The molecular weight excluding hydrogens is 220 g/mol. The zero-order valence-electron chi connectivity index (χ0n) is 13.3. The topological polar surface area (TPSA) is 15.3 Å². The van der Waals surface area contributed by atoms with Gasteiger partial charge in [-0.3, -0.25) is 0 Å². The Kier molecular flexibility index (Phi) is 10.1. The van der Waals surface area contributed by atoms with Crippen LogP contribution in [0.2, 0.25) is 0 Å². The summed E-state index contributed by atoms with van der Waals surface area (Å²) >= 11 is 0. The largest absolute Gasteiger partial charge is 0.378 e. The van der Waals surface area contributed by atoms with Gasteiger partial charge in [0.2, 0.25) is 0 Å². The molecule has 0 aliphatic carbocycles. The van der Waals surface area contributed by atoms with Crippen LogP contribution in [-0.4, -0.2) is 31.1 Å². The highest BCUT2D eigenvalue weighted by Gasteiger charge is 2.05. The molecule has 0 spiro atoms. The Hall–Kier alpha value is -0.500. The van der Waals surface area contributed by atoms with Crippen LogP contribution in [0.3, 0.4) is 0 Å². The molecule has 0 aromatic rings. The van der Waals surface area contributed by atoms with Crippen LogP contribution in [-0.2, 0) is 0 Å². The third-order valence-electron chi connectivity index (χ3n) is 3.38. The van der Waals surface area contributed by atoms with Crippen LogP contribution >= 0.6 is 0 Å². The summed E-state index contributed by atoms with van der Waals surface area (Å²) in [6, 6.07) is 0.626. The first kappa shape index (κ1) is 17.5. The minimum absolute atomic E-state index is 0.567. The van der Waals surface area contributed by atoms with Gasteiger partial charge in [0.25, 0.3) is 0 Å². The van der Waals surface area contributed by atoms with Crippen molar-refractivity contribution in [3.05, 3.63) is 12.3 Å². The lowest BCUT2D eigenvalue weighted by Gasteiger charge is -2.24. The van der Waals surface area contributed by atoms with Crippen molar-refractivity contribution in [2.45, 2.75) is 65.8 Å². The van der Waals surface area contributed by atoms with E-state index in [0.717, 1.165) is 6.54 Å². The number of rotatable bonds is 11. The Bertz CT molecular complexity index is 209. The predicted octanol–water partition coefficient (Wildman–Crippen LogP) is 4.04. The van der Waals surface area contributed by atoms with Gasteiger partial charge >= 0.3 is 0 Å². The van der Waals surface area contributed by atoms with E-state index in [9.17, 15) is 0 Å². The Labute approximate surface area is 115 Å². The number of hydrogen-bond donors (Lipinski definition) is 1. The molecule has 0 saturated heterocycles. The van der Waals surface area contributed by atoms with Crippen LogP contribution in [0.15, 0.2) is 12.3 Å². The Morgan fingerprint density at radius 3 is 2.11 bits per heavy atom. The van der Waals surface area contributed by atoms with E-state index in [1.165, 1.54) is 44.3 Å². The highest BCUT2D eigenvalue weighted by atomic mass is 15.1. The van der Waals surface area contributed by atoms with Crippen molar-refractivity contribution >= 4 is 0 Å². The zero-order valence-corrected chi connectivity index (χ0v) is 13.3. The number of nitrogens with one attached hydrogen (secondary N) is 1. The van der Waals surface area contributed by atoms with Crippen LogP contribution in [0, 0.1) is 5.92 Å². The van der Waals surface area contributed by atoms with E-state index in [-0.39, 0.29) is 0 Å². The van der Waals surface area contributed by atoms with Gasteiger partial charge in [0.1, 0.15) is 0 Å². The maximum absolute atomic E-state index is 4.13. The van der Waals surface area contributed by atoms with Crippen molar-refractivity contribution in [2.75, 3.05) is 20.1 Å². The van der Waals surface area contributed by atoms with E-state index in [0.29, 0.717) is 12.0 Å². The van der Waals surface area contributed by atoms with Crippen molar-refractivity contribution in [3.63, 3.8) is 0 Å². The maximum Gasteiger partial charge on any atom is 0.0171 e. The standard InChI is InChI=1S/C16H34N2/c1-14(2)16(5)18(6)13-11-9-7-8-10-12-17-15(3)4/h14-15,17H,5,7-13H2,1-4,6H3. The summed E-state index contributed by atoms with van der Waals surface area (Å²) in [5, 5.41) is 3.46. The first-order valence-corrected chi connectivity index (χ1v) is 7.58. The molecule has 0 aliphatic heterocycles. The van der Waals surface area contributed by atoms with E-state index in [4.69, 9.17) is 0 Å². The highest BCUT2D eigenvalue weighted by Crippen LogP contribution is 2.12. The fourth-order valence-electron chi connectivity index (χ4n) is 1.98. The smallest absolute Gasteiger partial charge is 0.0171 e. The maximum atomic E-state index is 4.13. The number of nitrogens with zero attached hydrogens (tertiary/aromatic N) is 1. The normalized spacial score (nSPS) is 11.3. The van der Waals surface area contributed by atoms with Gasteiger partial charge in [-0.15, -0.1) is 0 Å². The van der Waals surface area contributed by atoms with Crippen molar-refractivity contribution in [3.8, 4) is 0 Å². The molecule has 0 radical (unpaired) electrons. The van der Waals surface area contributed by atoms with E-state index in [1.807, 2.05) is 0 Å². The van der Waals surface area contributed by atoms with Crippen molar-refractivity contribution in [1.82, 2.24) is 10.2 Å². The van der Waals surface area contributed by atoms with Crippen LogP contribution in [0.5, 0.6) is 0 Å². The second-order valence-corrected chi connectivity index (χ2v) is 5.94. The molecule has 18 heavy (non-hydrogen) atoms. The van der Waals surface area contributed by atoms with Gasteiger partial charge in [0.05, 0.1) is 0 Å². The summed E-state index contributed by atoms with van der Waals surface area (Å²) in [6.07, 6.45) is 6.67. The molecule has 0 aromatic carbocycles. The molecule has 0 atom stereocenters. The summed E-state index contributed by atoms with van der Waals surface area (Å²) in [6.45, 7) is 15.3. The molecule has 0 aromatic heterocycles. The van der Waals surface area contributed by atoms with Crippen LogP contribution in [0.1, 0.15) is 59.8 Å². The number of allylic oxidation sites excluding steroid dienone is 1. The van der Waals surface area contributed by atoms with Crippen LogP contribution < -0.4 is 5.32 Å². The van der Waals surface area contributed by atoms with Gasteiger partial charge in [-0.05, 0) is 25.3 Å². The molecule has 0 amide bonds. The summed E-state index contributed by atoms with van der Waals surface area (Å²) in [5.41, 5.74) is 1.26. The molecule has 1 N–H and O–H groups in total. The Morgan fingerprint density at radius 1 is 1.00 bits per heavy atom. The molecule has 2 heteroatoms. The number of unbranched alkanes of at least 4 members (excludes halogenated alkanes) is 4. The van der Waals surface area contributed by atoms with E-state index < -0.39 is 0 Å². The minimum Gasteiger partial charge on any atom is -0.378 e. The van der Waals surface area contributed by atoms with E-state index in [1.54, 1.807) is 0 Å². The summed E-state index contributed by atoms with van der Waals surface area (Å²) in [7, 11) is 2.16. The molecule has 0 bridgehead atoms. The molecule has 0 fully saturated rings. The molecule has 2 nitrogen and oxygen atoms in total. The molecule has 0 saturated carbocycles. The average Bonchev–Trinajstić information content (AvgIpc) is 2.30. The third kappa shape index (κ3) is 9.52. The second-order valence-electron chi connectivity index (χ2n) is 5.94. The Balaban J connectivity index is 3.33. The number of hydrogen-bond acceptors (Lipinski definition) is 2. The van der Waals surface area contributed by atoms with Gasteiger partial charge in [-0.1, -0.05) is 53.5 Å². The van der Waals surface area contributed by atoms with Gasteiger partial charge in [-0.2, -0.15) is 0 Å². The Morgan fingerprint density at radius 2 is 1.56 bits per heavy atom. The van der Waals surface area contributed by atoms with E-state index >= 15 is 0 Å². The fourth-order valence-corrected chi connectivity index (χ4v) is 1.98. The van der Waals surface area contributed by atoms with Crippen molar-refractivity contribution in [1.29, 1.82) is 0 Å². The summed E-state index contributed by atoms with van der Waals surface area (Å²) in [5.74, 6) is 0.567. The summed E-state index contributed by atoms with van der Waals surface area (Å²) < 4.78 is 0. The van der Waals surface area contributed by atoms with Gasteiger partial charge in [-0.25, -0.2) is 0 Å². The lowest BCUT2D eigenvalue weighted by molar-refractivity contribution is 0.362. The third-order valence-corrected chi connectivity index (χ3v) is 3.38. The minimum atomic E-state index is 0.567. The summed E-state index contributed by atoms with van der Waals surface area (Å²) in [4.78, 5) is 2.31. The molecule has 0 heterocycles. The highest BCUT2D eigenvalue weighted by molar-refractivity contribution is 4.95. The van der Waals surface area contributed by atoms with Gasteiger partial charge in [0.15, 0.2) is 0 Å². The molecular formula is C16H34N2. The van der Waals surface area contributed by atoms with Crippen molar-refractivity contribution < 1.29 is 0 Å². The second kappa shape index (κ2) is 10.4. The first-order chi connectivity index (χ1) is 8.45. The van der Waals surface area contributed by atoms with Gasteiger partial charge < -0.3 is 10.2 Å². The molecule has 0 unspecified atom stereocenters. The van der Waals surface area contributed by atoms with E-state index in [2.05, 4.69) is 51.5 Å². The lowest BCUT2D eigenvalue weighted by Crippen LogP contribution is -2.23. The quantitative estimate of drug-likeness (QED) is 0.560. The fraction of sp³-hybridized carbons (Fsp3) is 0.875. The van der Waals surface area contributed by atoms with Crippen molar-refractivity contribution in [2.24, 2.45) is 5.92 Å². The lowest BCUT2D eigenvalue weighted by atomic mass is 10.1. The van der Waals surface area contributed by atoms with Gasteiger partial charge in [0, 0.05) is 25.3 Å². The molecule has 108 valence electrons. The van der Waals surface area contributed by atoms with Crippen LogP contribution in [0.25, 0.3) is 0 Å². The SMILES string of the molecule is C=C(C(C)C)N(C)CCCCCCCNC(C)C. The first-order valence-electron chi connectivity index (χ1n) is 7.58. The molecule has 0 rings (SSSR count). The zero-order chi connectivity index (χ0) is 14.0.